The van der Waals surface area contributed by atoms with Crippen LogP contribution < -0.4 is 10.2 Å². The number of carbonyl (C=O) groups is 1. The largest absolute Gasteiger partial charge is 0.410 e. The molecule has 1 amide bonds. The number of carbonyl (C=O) groups excluding carboxylic acids is 1. The highest BCUT2D eigenvalue weighted by atomic mass is 19.4. The highest BCUT2D eigenvalue weighted by Gasteiger charge is 2.47. The molecule has 0 saturated carbocycles. The number of aromatic nitrogens is 2. The first-order valence-corrected chi connectivity index (χ1v) is 9.41. The number of hydrogen-bond acceptors (Lipinski definition) is 3. The van der Waals surface area contributed by atoms with Crippen LogP contribution in [-0.2, 0) is 0 Å². The maximum atomic E-state index is 13.7. The number of nitrogens with zero attached hydrogens (tertiary/aromatic N) is 3. The number of amides is 1. The lowest BCUT2D eigenvalue weighted by Crippen LogP contribution is -3.12. The average Bonchev–Trinajstić information content (AvgIpc) is 3.11. The Morgan fingerprint density at radius 3 is 2.54 bits per heavy atom. The lowest BCUT2D eigenvalue weighted by Gasteiger charge is -2.34. The van der Waals surface area contributed by atoms with Crippen LogP contribution in [0.4, 0.5) is 19.0 Å². The molecule has 2 atom stereocenters. The molecule has 0 aliphatic carbocycles. The lowest BCUT2D eigenvalue weighted by molar-refractivity contribution is -0.883. The summed E-state index contributed by atoms with van der Waals surface area (Å²) >= 11 is 0. The van der Waals surface area contributed by atoms with Gasteiger partial charge in [0.05, 0.1) is 45.5 Å². The number of likely N-dealkylation sites (N-methyl/N-ethyl adjacent to an activating group) is 1. The molecule has 2 aliphatic rings. The predicted molar refractivity (Wildman–Crippen MR) is 97.3 cm³/mol. The van der Waals surface area contributed by atoms with Gasteiger partial charge in [-0.1, -0.05) is 30.3 Å². The van der Waals surface area contributed by atoms with Crippen LogP contribution in [0, 0.1) is 0 Å². The van der Waals surface area contributed by atoms with E-state index in [4.69, 9.17) is 0 Å². The number of quaternary nitrogens is 1. The normalized spacial score (nSPS) is 23.2. The number of anilines is 1. The van der Waals surface area contributed by atoms with E-state index >= 15 is 0 Å². The Morgan fingerprint density at radius 1 is 1.21 bits per heavy atom. The molecule has 28 heavy (non-hydrogen) atoms. The van der Waals surface area contributed by atoms with Gasteiger partial charge in [-0.25, -0.2) is 4.68 Å². The second-order valence-electron chi connectivity index (χ2n) is 7.50. The summed E-state index contributed by atoms with van der Waals surface area (Å²) in [4.78, 5) is 16.0. The Balaban J connectivity index is 1.68. The molecule has 150 valence electrons. The maximum absolute atomic E-state index is 13.7. The van der Waals surface area contributed by atoms with Crippen molar-refractivity contribution in [1.82, 2.24) is 14.7 Å². The smallest absolute Gasteiger partial charge is 0.363 e. The average molecular weight is 394 g/mol. The van der Waals surface area contributed by atoms with Crippen molar-refractivity contribution in [2.24, 2.45) is 0 Å². The third-order valence-electron chi connectivity index (χ3n) is 5.57. The van der Waals surface area contributed by atoms with Crippen LogP contribution in [0.3, 0.4) is 0 Å². The Morgan fingerprint density at radius 2 is 1.89 bits per heavy atom. The second-order valence-corrected chi connectivity index (χ2v) is 7.50. The number of halogens is 3. The number of benzene rings is 1. The van der Waals surface area contributed by atoms with Crippen molar-refractivity contribution in [2.45, 2.75) is 24.7 Å². The fourth-order valence-corrected chi connectivity index (χ4v) is 3.88. The van der Waals surface area contributed by atoms with Gasteiger partial charge in [0.2, 0.25) is 0 Å². The number of hydrogen-bond donors (Lipinski definition) is 2. The van der Waals surface area contributed by atoms with E-state index in [0.717, 1.165) is 23.3 Å². The summed E-state index contributed by atoms with van der Waals surface area (Å²) < 4.78 is 42.1. The first-order valence-electron chi connectivity index (χ1n) is 9.41. The highest BCUT2D eigenvalue weighted by Crippen LogP contribution is 2.44. The molecule has 0 spiro atoms. The van der Waals surface area contributed by atoms with Crippen molar-refractivity contribution in [2.75, 3.05) is 38.5 Å². The van der Waals surface area contributed by atoms with E-state index in [1.54, 1.807) is 29.2 Å². The van der Waals surface area contributed by atoms with E-state index in [-0.39, 0.29) is 23.7 Å². The molecule has 1 aromatic carbocycles. The van der Waals surface area contributed by atoms with Crippen LogP contribution in [0.2, 0.25) is 0 Å². The van der Waals surface area contributed by atoms with E-state index in [1.165, 1.54) is 11.1 Å². The summed E-state index contributed by atoms with van der Waals surface area (Å²) in [6.07, 6.45) is -3.36. The molecule has 1 fully saturated rings. The minimum absolute atomic E-state index is 0.152. The number of fused-ring (bicyclic) bond motifs is 1. The summed E-state index contributed by atoms with van der Waals surface area (Å²) in [5.41, 5.74) is 0.959. The van der Waals surface area contributed by atoms with Crippen molar-refractivity contribution < 1.29 is 22.9 Å². The quantitative estimate of drug-likeness (QED) is 0.812. The molecular weight excluding hydrogens is 371 g/mol. The predicted octanol–water partition coefficient (Wildman–Crippen LogP) is 1.51. The van der Waals surface area contributed by atoms with Gasteiger partial charge in [0, 0.05) is 6.42 Å². The molecule has 0 radical (unpaired) electrons. The fourth-order valence-electron chi connectivity index (χ4n) is 3.88. The van der Waals surface area contributed by atoms with Gasteiger partial charge in [0.25, 0.3) is 5.91 Å². The SMILES string of the molecule is C[NH+]1CCN(C(=O)c2cnn3c2N[C@@H](c2ccccc2)C[C@@H]3C(F)(F)F)CC1. The summed E-state index contributed by atoms with van der Waals surface area (Å²) in [6, 6.07) is 6.69. The Kier molecular flexibility index (Phi) is 4.78. The Bertz CT molecular complexity index is 843. The minimum atomic E-state index is -4.45. The summed E-state index contributed by atoms with van der Waals surface area (Å²) in [6.45, 7) is 2.81. The van der Waals surface area contributed by atoms with Crippen LogP contribution in [0.1, 0.15) is 34.4 Å². The van der Waals surface area contributed by atoms with Gasteiger partial charge >= 0.3 is 6.18 Å². The second kappa shape index (κ2) is 7.12. The Hall–Kier alpha value is -2.55. The highest BCUT2D eigenvalue weighted by molar-refractivity contribution is 5.99. The van der Waals surface area contributed by atoms with Crippen molar-refractivity contribution in [3.05, 3.63) is 47.7 Å². The molecule has 6 nitrogen and oxygen atoms in total. The summed E-state index contributed by atoms with van der Waals surface area (Å²) in [5.74, 6) is -0.116. The zero-order valence-electron chi connectivity index (χ0n) is 15.5. The molecule has 2 aliphatic heterocycles. The molecule has 4 rings (SSSR count). The van der Waals surface area contributed by atoms with Crippen LogP contribution in [0.15, 0.2) is 36.5 Å². The molecule has 3 heterocycles. The molecule has 0 unspecified atom stereocenters. The third kappa shape index (κ3) is 3.46. The first kappa shape index (κ1) is 18.8. The number of alkyl halides is 3. The van der Waals surface area contributed by atoms with E-state index in [2.05, 4.69) is 17.5 Å². The van der Waals surface area contributed by atoms with E-state index in [9.17, 15) is 18.0 Å². The van der Waals surface area contributed by atoms with E-state index in [0.29, 0.717) is 13.1 Å². The van der Waals surface area contributed by atoms with Gasteiger partial charge in [0.15, 0.2) is 6.04 Å². The van der Waals surface area contributed by atoms with Crippen LogP contribution in [0.25, 0.3) is 0 Å². The lowest BCUT2D eigenvalue weighted by atomic mass is 9.96. The molecule has 1 saturated heterocycles. The molecule has 1 aromatic heterocycles. The molecular formula is C19H23F3N5O+. The van der Waals surface area contributed by atoms with Gasteiger partial charge in [-0.15, -0.1) is 0 Å². The Labute approximate surface area is 160 Å². The zero-order chi connectivity index (χ0) is 19.9. The molecule has 2 aromatic rings. The third-order valence-corrected chi connectivity index (χ3v) is 5.57. The fraction of sp³-hybridized carbons (Fsp3) is 0.474. The standard InChI is InChI=1S/C19H22F3N5O/c1-25-7-9-26(10-8-25)18(28)14-12-23-27-16(19(20,21)22)11-15(24-17(14)27)13-5-3-2-4-6-13/h2-6,12,15-16,24H,7-11H2,1H3/p+1/t15-,16-/m1/s1. The van der Waals surface area contributed by atoms with Gasteiger partial charge < -0.3 is 15.1 Å². The van der Waals surface area contributed by atoms with Crippen LogP contribution in [0.5, 0.6) is 0 Å². The topological polar surface area (TPSA) is 54.6 Å². The minimum Gasteiger partial charge on any atom is -0.363 e. The van der Waals surface area contributed by atoms with Crippen molar-refractivity contribution >= 4 is 11.7 Å². The monoisotopic (exact) mass is 394 g/mol. The van der Waals surface area contributed by atoms with Gasteiger partial charge in [0.1, 0.15) is 11.4 Å². The summed E-state index contributed by atoms with van der Waals surface area (Å²) in [7, 11) is 2.06. The van der Waals surface area contributed by atoms with Crippen molar-refractivity contribution in [1.29, 1.82) is 0 Å². The van der Waals surface area contributed by atoms with Crippen molar-refractivity contribution in [3.63, 3.8) is 0 Å². The first-order chi connectivity index (χ1) is 13.3. The number of rotatable bonds is 2. The number of nitrogens with one attached hydrogen (secondary N) is 2. The maximum Gasteiger partial charge on any atom is 0.410 e. The van der Waals surface area contributed by atoms with E-state index in [1.807, 2.05) is 6.07 Å². The molecule has 2 N–H and O–H groups in total. The zero-order valence-corrected chi connectivity index (χ0v) is 15.5. The number of piperazine rings is 1. The van der Waals surface area contributed by atoms with Crippen LogP contribution in [-0.4, -0.2) is 60.0 Å². The summed E-state index contributed by atoms with van der Waals surface area (Å²) in [5, 5.41) is 7.09. The van der Waals surface area contributed by atoms with Crippen molar-refractivity contribution in [3.8, 4) is 0 Å². The van der Waals surface area contributed by atoms with Gasteiger partial charge in [-0.05, 0) is 5.56 Å². The van der Waals surface area contributed by atoms with E-state index < -0.39 is 18.3 Å². The van der Waals surface area contributed by atoms with Gasteiger partial charge in [-0.2, -0.15) is 18.3 Å². The molecule has 0 bridgehead atoms. The van der Waals surface area contributed by atoms with Crippen LogP contribution >= 0.6 is 0 Å². The molecule has 9 heteroatoms. The van der Waals surface area contributed by atoms with Gasteiger partial charge in [-0.3, -0.25) is 4.79 Å².